The van der Waals surface area contributed by atoms with Gasteiger partial charge in [0, 0.05) is 48.4 Å². The molecule has 1 unspecified atom stereocenters. The molecule has 198 valence electrons. The van der Waals surface area contributed by atoms with E-state index in [1.54, 1.807) is 18.3 Å². The van der Waals surface area contributed by atoms with Crippen LogP contribution in [0.1, 0.15) is 42.9 Å². The highest BCUT2D eigenvalue weighted by Gasteiger charge is 2.33. The van der Waals surface area contributed by atoms with Gasteiger partial charge in [-0.25, -0.2) is 9.78 Å². The number of aliphatic carboxylic acids is 1. The number of rotatable bonds is 7. The number of nitrogens with zero attached hydrogens (tertiary/aromatic N) is 2. The second kappa shape index (κ2) is 11.2. The van der Waals surface area contributed by atoms with Crippen LogP contribution in [0.4, 0.5) is 0 Å². The fourth-order valence-electron chi connectivity index (χ4n) is 5.07. The van der Waals surface area contributed by atoms with Crippen LogP contribution in [0.25, 0.3) is 5.57 Å². The minimum atomic E-state index is -1.03. The third kappa shape index (κ3) is 5.70. The molecule has 5 rings (SSSR count). The Kier molecular flexibility index (Phi) is 7.70. The Morgan fingerprint density at radius 3 is 2.68 bits per heavy atom. The van der Waals surface area contributed by atoms with E-state index in [9.17, 15) is 15.0 Å². The van der Waals surface area contributed by atoms with Crippen LogP contribution >= 0.6 is 11.6 Å². The Morgan fingerprint density at radius 2 is 1.95 bits per heavy atom. The maximum atomic E-state index is 11.4. The first-order valence-corrected chi connectivity index (χ1v) is 13.2. The summed E-state index contributed by atoms with van der Waals surface area (Å²) in [5.74, 6) is 0.601. The molecule has 0 bridgehead atoms. The van der Waals surface area contributed by atoms with E-state index in [2.05, 4.69) is 16.0 Å². The molecule has 2 aromatic carbocycles. The molecule has 3 heterocycles. The van der Waals surface area contributed by atoms with E-state index in [1.807, 2.05) is 42.5 Å². The van der Waals surface area contributed by atoms with Gasteiger partial charge in [-0.1, -0.05) is 35.9 Å². The van der Waals surface area contributed by atoms with Crippen molar-refractivity contribution in [2.75, 3.05) is 19.6 Å². The van der Waals surface area contributed by atoms with Crippen LogP contribution in [-0.4, -0.2) is 51.8 Å². The van der Waals surface area contributed by atoms with Crippen LogP contribution in [0.15, 0.2) is 66.9 Å². The van der Waals surface area contributed by atoms with E-state index in [-0.39, 0.29) is 0 Å². The topological polar surface area (TPSA) is 92.1 Å². The predicted molar refractivity (Wildman–Crippen MR) is 146 cm³/mol. The number of aromatic nitrogens is 1. The summed E-state index contributed by atoms with van der Waals surface area (Å²) in [5, 5.41) is 21.2. The summed E-state index contributed by atoms with van der Waals surface area (Å²) in [7, 11) is 0. The van der Waals surface area contributed by atoms with Crippen molar-refractivity contribution in [2.45, 2.75) is 44.3 Å². The summed E-state index contributed by atoms with van der Waals surface area (Å²) in [6, 6.07) is 16.8. The number of fused-ring (bicyclic) bond motifs is 2. The Labute approximate surface area is 227 Å². The highest BCUT2D eigenvalue weighted by Crippen LogP contribution is 2.42. The smallest absolute Gasteiger partial charge is 0.344 e. The van der Waals surface area contributed by atoms with Crippen molar-refractivity contribution in [1.29, 1.82) is 0 Å². The first-order chi connectivity index (χ1) is 18.3. The average molecular weight is 535 g/mol. The van der Waals surface area contributed by atoms with Gasteiger partial charge in [0.2, 0.25) is 5.88 Å². The number of piperidine rings is 1. The minimum Gasteiger partial charge on any atom is -0.479 e. The molecule has 1 atom stereocenters. The van der Waals surface area contributed by atoms with Crippen molar-refractivity contribution in [3.8, 4) is 17.4 Å². The Balaban J connectivity index is 1.30. The first-order valence-electron chi connectivity index (χ1n) is 12.9. The number of carbonyl (C=O) groups is 1. The molecule has 0 radical (unpaired) electrons. The van der Waals surface area contributed by atoms with E-state index in [4.69, 9.17) is 21.1 Å². The second-order valence-electron chi connectivity index (χ2n) is 9.86. The van der Waals surface area contributed by atoms with Gasteiger partial charge in [-0.2, -0.15) is 0 Å². The number of benzene rings is 2. The maximum absolute atomic E-state index is 11.4. The summed E-state index contributed by atoms with van der Waals surface area (Å²) in [4.78, 5) is 18.2. The highest BCUT2D eigenvalue weighted by atomic mass is 35.5. The Morgan fingerprint density at radius 1 is 1.18 bits per heavy atom. The van der Waals surface area contributed by atoms with Gasteiger partial charge < -0.3 is 24.6 Å². The van der Waals surface area contributed by atoms with E-state index in [0.717, 1.165) is 48.3 Å². The molecule has 2 aliphatic heterocycles. The van der Waals surface area contributed by atoms with Crippen LogP contribution in [0, 0.1) is 0 Å². The number of hydrogen-bond acceptors (Lipinski definition) is 6. The molecule has 0 aliphatic carbocycles. The molecule has 1 aromatic heterocycles. The highest BCUT2D eigenvalue weighted by molar-refractivity contribution is 6.30. The Hall–Kier alpha value is -3.39. The standard InChI is InChI=1S/C30H31ClN2O5/c1-20(29(34)35)37-26-7-2-8-27-25(26)19-21(24-6-3-15-32-28(24)38-27)5-4-16-33-17-13-30(36,14-18-33)22-9-11-23(31)12-10-22/h2-3,5-12,15,20,36H,4,13-14,16-19H2,1H3,(H,34,35)/b21-5-. The van der Waals surface area contributed by atoms with Gasteiger partial charge in [0.15, 0.2) is 6.10 Å². The van der Waals surface area contributed by atoms with Crippen molar-refractivity contribution in [3.63, 3.8) is 0 Å². The number of carboxylic acids is 1. The summed E-state index contributed by atoms with van der Waals surface area (Å²) in [5.41, 5.74) is 2.86. The normalized spacial score (nSPS) is 18.6. The molecule has 7 nitrogen and oxygen atoms in total. The lowest BCUT2D eigenvalue weighted by Crippen LogP contribution is -2.42. The first kappa shape index (κ1) is 26.2. The fraction of sp³-hybridized carbons (Fsp3) is 0.333. The zero-order valence-corrected chi connectivity index (χ0v) is 22.0. The molecular formula is C30H31ClN2O5. The average Bonchev–Trinajstić information content (AvgIpc) is 3.07. The van der Waals surface area contributed by atoms with Gasteiger partial charge >= 0.3 is 5.97 Å². The van der Waals surface area contributed by atoms with E-state index in [1.165, 1.54) is 6.92 Å². The van der Waals surface area contributed by atoms with Crippen LogP contribution < -0.4 is 9.47 Å². The predicted octanol–water partition coefficient (Wildman–Crippen LogP) is 5.69. The van der Waals surface area contributed by atoms with Gasteiger partial charge in [0.1, 0.15) is 11.5 Å². The molecule has 0 amide bonds. The number of halogens is 1. The maximum Gasteiger partial charge on any atom is 0.344 e. The fourth-order valence-corrected chi connectivity index (χ4v) is 5.20. The second-order valence-corrected chi connectivity index (χ2v) is 10.3. The SMILES string of the molecule is CC(Oc1cccc2c1C/C(=C/CCN1CCC(O)(c3ccc(Cl)cc3)CC1)c1cccnc1O2)C(=O)O. The molecule has 0 saturated carbocycles. The van der Waals surface area contributed by atoms with Crippen molar-refractivity contribution < 1.29 is 24.5 Å². The van der Waals surface area contributed by atoms with Gasteiger partial charge in [0.25, 0.3) is 0 Å². The van der Waals surface area contributed by atoms with Crippen LogP contribution in [-0.2, 0) is 16.8 Å². The number of aliphatic hydroxyl groups is 1. The van der Waals surface area contributed by atoms with Crippen molar-refractivity contribution in [1.82, 2.24) is 9.88 Å². The lowest BCUT2D eigenvalue weighted by molar-refractivity contribution is -0.144. The minimum absolute atomic E-state index is 0.494. The molecular weight excluding hydrogens is 504 g/mol. The zero-order chi connectivity index (χ0) is 26.7. The molecule has 8 heteroatoms. The molecule has 2 aliphatic rings. The van der Waals surface area contributed by atoms with Crippen molar-refractivity contribution >= 4 is 23.1 Å². The Bertz CT molecular complexity index is 1330. The largest absolute Gasteiger partial charge is 0.479 e. The van der Waals surface area contributed by atoms with Gasteiger partial charge in [0.05, 0.1) is 5.60 Å². The quantitative estimate of drug-likeness (QED) is 0.402. The monoisotopic (exact) mass is 534 g/mol. The third-order valence-corrected chi connectivity index (χ3v) is 7.59. The molecule has 38 heavy (non-hydrogen) atoms. The van der Waals surface area contributed by atoms with E-state index >= 15 is 0 Å². The number of pyridine rings is 1. The number of ether oxygens (including phenoxy) is 2. The summed E-state index contributed by atoms with van der Waals surface area (Å²) >= 11 is 6.02. The van der Waals surface area contributed by atoms with Crippen LogP contribution in [0.3, 0.4) is 0 Å². The van der Waals surface area contributed by atoms with Gasteiger partial charge in [-0.15, -0.1) is 0 Å². The lowest BCUT2D eigenvalue weighted by atomic mass is 9.84. The summed E-state index contributed by atoms with van der Waals surface area (Å²) in [6.45, 7) is 3.98. The third-order valence-electron chi connectivity index (χ3n) is 7.33. The molecule has 1 saturated heterocycles. The van der Waals surface area contributed by atoms with Crippen molar-refractivity contribution in [2.24, 2.45) is 0 Å². The molecule has 0 spiro atoms. The summed E-state index contributed by atoms with van der Waals surface area (Å²) in [6.07, 6.45) is 5.60. The number of carboxylic acid groups (broad SMARTS) is 1. The van der Waals surface area contributed by atoms with E-state index < -0.39 is 17.7 Å². The van der Waals surface area contributed by atoms with Gasteiger partial charge in [-0.3, -0.25) is 0 Å². The van der Waals surface area contributed by atoms with Gasteiger partial charge in [-0.05, 0) is 73.7 Å². The van der Waals surface area contributed by atoms with Crippen LogP contribution in [0.5, 0.6) is 17.4 Å². The van der Waals surface area contributed by atoms with E-state index in [0.29, 0.717) is 41.7 Å². The molecule has 2 N–H and O–H groups in total. The number of likely N-dealkylation sites (tertiary alicyclic amines) is 1. The molecule has 3 aromatic rings. The zero-order valence-electron chi connectivity index (χ0n) is 21.3. The van der Waals surface area contributed by atoms with Crippen LogP contribution in [0.2, 0.25) is 5.02 Å². The van der Waals surface area contributed by atoms with Crippen molar-refractivity contribution in [3.05, 3.63) is 88.6 Å². The molecule has 1 fully saturated rings. The number of allylic oxidation sites excluding steroid dienone is 1. The lowest BCUT2D eigenvalue weighted by Gasteiger charge is -2.38. The summed E-state index contributed by atoms with van der Waals surface area (Å²) < 4.78 is 11.9. The number of hydrogen-bond donors (Lipinski definition) is 2.